The fourth-order valence-electron chi connectivity index (χ4n) is 1.61. The molecular formula is C16H13BrO5. The normalized spacial score (nSPS) is 9.91. The molecule has 0 spiro atoms. The molecule has 0 aliphatic carbocycles. The fraction of sp³-hybridized carbons (Fsp3) is 0.125. The SMILES string of the molecule is COC(=O)c1ccc(OC(=O)COc2ccc(Br)cc2)cc1. The minimum atomic E-state index is -0.534. The molecule has 0 radical (unpaired) electrons. The van der Waals surface area contributed by atoms with Gasteiger partial charge in [-0.05, 0) is 48.5 Å². The van der Waals surface area contributed by atoms with Gasteiger partial charge in [0.05, 0.1) is 12.7 Å². The molecule has 0 aliphatic rings. The van der Waals surface area contributed by atoms with Crippen molar-refractivity contribution in [3.8, 4) is 11.5 Å². The van der Waals surface area contributed by atoms with E-state index in [1.807, 2.05) is 12.1 Å². The van der Waals surface area contributed by atoms with Crippen LogP contribution in [0.2, 0.25) is 0 Å². The second kappa shape index (κ2) is 7.61. The molecular weight excluding hydrogens is 352 g/mol. The number of methoxy groups -OCH3 is 1. The highest BCUT2D eigenvalue weighted by Gasteiger charge is 2.08. The van der Waals surface area contributed by atoms with Gasteiger partial charge in [0.2, 0.25) is 0 Å². The molecule has 22 heavy (non-hydrogen) atoms. The van der Waals surface area contributed by atoms with Gasteiger partial charge in [-0.15, -0.1) is 0 Å². The third-order valence-corrected chi connectivity index (χ3v) is 3.21. The molecule has 0 bridgehead atoms. The van der Waals surface area contributed by atoms with Crippen molar-refractivity contribution in [2.24, 2.45) is 0 Å². The van der Waals surface area contributed by atoms with Gasteiger partial charge in [-0.2, -0.15) is 0 Å². The van der Waals surface area contributed by atoms with Gasteiger partial charge in [0.25, 0.3) is 0 Å². The van der Waals surface area contributed by atoms with Crippen molar-refractivity contribution in [2.75, 3.05) is 13.7 Å². The van der Waals surface area contributed by atoms with Crippen molar-refractivity contribution in [2.45, 2.75) is 0 Å². The largest absolute Gasteiger partial charge is 0.482 e. The van der Waals surface area contributed by atoms with Gasteiger partial charge in [-0.3, -0.25) is 0 Å². The third kappa shape index (κ3) is 4.60. The second-order valence-electron chi connectivity index (χ2n) is 4.23. The summed E-state index contributed by atoms with van der Waals surface area (Å²) in [4.78, 5) is 23.0. The molecule has 0 saturated heterocycles. The molecule has 2 aromatic rings. The molecule has 2 aromatic carbocycles. The Kier molecular flexibility index (Phi) is 5.55. The number of ether oxygens (including phenoxy) is 3. The van der Waals surface area contributed by atoms with Crippen LogP contribution in [0.15, 0.2) is 53.0 Å². The lowest BCUT2D eigenvalue weighted by Crippen LogP contribution is -2.17. The maximum Gasteiger partial charge on any atom is 0.349 e. The van der Waals surface area contributed by atoms with E-state index in [4.69, 9.17) is 9.47 Å². The average molecular weight is 365 g/mol. The number of carbonyl (C=O) groups excluding carboxylic acids is 2. The number of rotatable bonds is 5. The summed E-state index contributed by atoms with van der Waals surface area (Å²) in [6, 6.07) is 13.2. The summed E-state index contributed by atoms with van der Waals surface area (Å²) in [5.74, 6) is -0.0802. The van der Waals surface area contributed by atoms with Crippen LogP contribution in [0.1, 0.15) is 10.4 Å². The lowest BCUT2D eigenvalue weighted by Gasteiger charge is -2.07. The standard InChI is InChI=1S/C16H13BrO5/c1-20-16(19)11-2-6-14(7-3-11)22-15(18)10-21-13-8-4-12(17)5-9-13/h2-9H,10H2,1H3. The molecule has 5 nitrogen and oxygen atoms in total. The summed E-state index contributed by atoms with van der Waals surface area (Å²) in [5, 5.41) is 0. The lowest BCUT2D eigenvalue weighted by atomic mass is 10.2. The van der Waals surface area contributed by atoms with E-state index in [1.54, 1.807) is 12.1 Å². The first kappa shape index (κ1) is 16.0. The van der Waals surface area contributed by atoms with E-state index >= 15 is 0 Å². The monoisotopic (exact) mass is 364 g/mol. The highest BCUT2D eigenvalue weighted by atomic mass is 79.9. The second-order valence-corrected chi connectivity index (χ2v) is 5.15. The van der Waals surface area contributed by atoms with Gasteiger partial charge in [0, 0.05) is 4.47 Å². The van der Waals surface area contributed by atoms with Gasteiger partial charge in [0.15, 0.2) is 6.61 Å². The molecule has 0 fully saturated rings. The Morgan fingerprint density at radius 2 is 1.55 bits per heavy atom. The Morgan fingerprint density at radius 3 is 2.14 bits per heavy atom. The molecule has 0 unspecified atom stereocenters. The third-order valence-electron chi connectivity index (χ3n) is 2.68. The van der Waals surface area contributed by atoms with Crippen molar-refractivity contribution in [1.82, 2.24) is 0 Å². The van der Waals surface area contributed by atoms with E-state index in [0.717, 1.165) is 4.47 Å². The average Bonchev–Trinajstić information content (AvgIpc) is 2.54. The Bertz CT molecular complexity index is 649. The first-order valence-electron chi connectivity index (χ1n) is 6.36. The number of carbonyl (C=O) groups is 2. The maximum atomic E-state index is 11.7. The smallest absolute Gasteiger partial charge is 0.349 e. The number of esters is 2. The number of halogens is 1. The van der Waals surface area contributed by atoms with Crippen molar-refractivity contribution in [1.29, 1.82) is 0 Å². The Hall–Kier alpha value is -2.34. The van der Waals surface area contributed by atoms with E-state index in [0.29, 0.717) is 17.1 Å². The first-order valence-corrected chi connectivity index (χ1v) is 7.15. The Balaban J connectivity index is 1.86. The van der Waals surface area contributed by atoms with E-state index < -0.39 is 11.9 Å². The highest BCUT2D eigenvalue weighted by molar-refractivity contribution is 9.10. The van der Waals surface area contributed by atoms with E-state index in [1.165, 1.54) is 31.4 Å². The number of hydrogen-bond donors (Lipinski definition) is 0. The van der Waals surface area contributed by atoms with Crippen LogP contribution >= 0.6 is 15.9 Å². The van der Waals surface area contributed by atoms with Gasteiger partial charge in [0.1, 0.15) is 11.5 Å². The fourth-order valence-corrected chi connectivity index (χ4v) is 1.88. The summed E-state index contributed by atoms with van der Waals surface area (Å²) < 4.78 is 15.9. The highest BCUT2D eigenvalue weighted by Crippen LogP contribution is 2.17. The zero-order chi connectivity index (χ0) is 15.9. The molecule has 0 aliphatic heterocycles. The predicted molar refractivity (Wildman–Crippen MR) is 83.1 cm³/mol. The quantitative estimate of drug-likeness (QED) is 0.602. The molecule has 0 N–H and O–H groups in total. The van der Waals surface area contributed by atoms with E-state index in [9.17, 15) is 9.59 Å². The predicted octanol–water partition coefficient (Wildman–Crippen LogP) is 3.22. The van der Waals surface area contributed by atoms with Crippen LogP contribution in [-0.2, 0) is 9.53 Å². The summed E-state index contributed by atoms with van der Waals surface area (Å²) in [6.45, 7) is -0.208. The topological polar surface area (TPSA) is 61.8 Å². The molecule has 114 valence electrons. The summed E-state index contributed by atoms with van der Waals surface area (Å²) in [5.41, 5.74) is 0.383. The van der Waals surface area contributed by atoms with Crippen LogP contribution in [-0.4, -0.2) is 25.7 Å². The van der Waals surface area contributed by atoms with Crippen LogP contribution in [0.25, 0.3) is 0 Å². The summed E-state index contributed by atoms with van der Waals surface area (Å²) >= 11 is 3.31. The molecule has 0 aromatic heterocycles. The van der Waals surface area contributed by atoms with Crippen molar-refractivity contribution in [3.63, 3.8) is 0 Å². The van der Waals surface area contributed by atoms with Crippen LogP contribution in [0.3, 0.4) is 0 Å². The Morgan fingerprint density at radius 1 is 0.955 bits per heavy atom. The molecule has 2 rings (SSSR count). The Labute approximate surface area is 135 Å². The van der Waals surface area contributed by atoms with Gasteiger partial charge in [-0.25, -0.2) is 9.59 Å². The molecule has 6 heteroatoms. The van der Waals surface area contributed by atoms with Crippen molar-refractivity contribution < 1.29 is 23.8 Å². The minimum Gasteiger partial charge on any atom is -0.482 e. The number of benzene rings is 2. The molecule has 0 atom stereocenters. The minimum absolute atomic E-state index is 0.208. The van der Waals surface area contributed by atoms with Crippen LogP contribution < -0.4 is 9.47 Å². The summed E-state index contributed by atoms with van der Waals surface area (Å²) in [7, 11) is 1.30. The summed E-state index contributed by atoms with van der Waals surface area (Å²) in [6.07, 6.45) is 0. The number of hydrogen-bond acceptors (Lipinski definition) is 5. The van der Waals surface area contributed by atoms with E-state index in [2.05, 4.69) is 20.7 Å². The molecule has 0 saturated carbocycles. The lowest BCUT2D eigenvalue weighted by molar-refractivity contribution is -0.136. The van der Waals surface area contributed by atoms with Crippen LogP contribution in [0.4, 0.5) is 0 Å². The zero-order valence-electron chi connectivity index (χ0n) is 11.7. The molecule has 0 heterocycles. The van der Waals surface area contributed by atoms with Crippen LogP contribution in [0, 0.1) is 0 Å². The van der Waals surface area contributed by atoms with Crippen molar-refractivity contribution in [3.05, 3.63) is 58.6 Å². The van der Waals surface area contributed by atoms with E-state index in [-0.39, 0.29) is 6.61 Å². The maximum absolute atomic E-state index is 11.7. The zero-order valence-corrected chi connectivity index (χ0v) is 13.3. The van der Waals surface area contributed by atoms with Crippen LogP contribution in [0.5, 0.6) is 11.5 Å². The van der Waals surface area contributed by atoms with Gasteiger partial charge in [-0.1, -0.05) is 15.9 Å². The van der Waals surface area contributed by atoms with Crippen molar-refractivity contribution >= 4 is 27.9 Å². The first-order chi connectivity index (χ1) is 10.6. The van der Waals surface area contributed by atoms with Gasteiger partial charge < -0.3 is 14.2 Å². The molecule has 0 amide bonds. The van der Waals surface area contributed by atoms with Gasteiger partial charge >= 0.3 is 11.9 Å².